The van der Waals surface area contributed by atoms with Gasteiger partial charge in [0.15, 0.2) is 0 Å². The maximum Gasteiger partial charge on any atom is 0.454 e. The largest absolute Gasteiger partial charge is 0.454 e. The number of aliphatic hydroxyl groups is 1. The van der Waals surface area contributed by atoms with Crippen LogP contribution in [0.4, 0.5) is 22.0 Å². The molecule has 1 saturated heterocycles. The highest BCUT2D eigenvalue weighted by Gasteiger charge is 2.58. The molecule has 2 rings (SSSR count). The molecule has 0 bridgehead atoms. The molecular formula is C14H22F5NO. The topological polar surface area (TPSA) is 23.5 Å². The third-order valence-electron chi connectivity index (χ3n) is 5.05. The Morgan fingerprint density at radius 3 is 2.00 bits per heavy atom. The van der Waals surface area contributed by atoms with Gasteiger partial charge in [0.25, 0.3) is 0 Å². The predicted octanol–water partition coefficient (Wildman–Crippen LogP) is 3.30. The van der Waals surface area contributed by atoms with Gasteiger partial charge in [0, 0.05) is 6.61 Å². The van der Waals surface area contributed by atoms with E-state index in [1.807, 2.05) is 0 Å². The van der Waals surface area contributed by atoms with Crippen LogP contribution in [0, 0.1) is 17.8 Å². The molecule has 124 valence electrons. The molecule has 0 aromatic carbocycles. The van der Waals surface area contributed by atoms with E-state index in [-0.39, 0.29) is 6.61 Å². The van der Waals surface area contributed by atoms with Crippen molar-refractivity contribution in [3.63, 3.8) is 0 Å². The lowest BCUT2D eigenvalue weighted by molar-refractivity contribution is -0.287. The zero-order valence-corrected chi connectivity index (χ0v) is 11.9. The van der Waals surface area contributed by atoms with E-state index in [0.717, 1.165) is 19.3 Å². The molecule has 0 aromatic heterocycles. The Morgan fingerprint density at radius 1 is 0.952 bits per heavy atom. The lowest BCUT2D eigenvalue weighted by Gasteiger charge is -2.45. The fourth-order valence-corrected chi connectivity index (χ4v) is 3.65. The SMILES string of the molecule is OCC[C@@H]1CCC1C1CCN(CC(F)(F)C(F)(F)F)CC1. The highest BCUT2D eigenvalue weighted by molar-refractivity contribution is 4.90. The molecule has 1 N–H and O–H groups in total. The first kappa shape index (κ1) is 16.9. The minimum atomic E-state index is -5.47. The zero-order chi connectivity index (χ0) is 15.7. The Kier molecular flexibility index (Phi) is 5.13. The Morgan fingerprint density at radius 2 is 1.57 bits per heavy atom. The molecule has 1 heterocycles. The van der Waals surface area contributed by atoms with E-state index in [2.05, 4.69) is 0 Å². The Bertz CT molecular complexity index is 339. The first-order valence-corrected chi connectivity index (χ1v) is 7.52. The first-order valence-electron chi connectivity index (χ1n) is 7.52. The number of hydrogen-bond acceptors (Lipinski definition) is 2. The normalized spacial score (nSPS) is 29.4. The third kappa shape index (κ3) is 3.86. The number of piperidine rings is 1. The van der Waals surface area contributed by atoms with Crippen molar-refractivity contribution in [2.24, 2.45) is 17.8 Å². The highest BCUT2D eigenvalue weighted by Crippen LogP contribution is 2.45. The van der Waals surface area contributed by atoms with Gasteiger partial charge in [-0.25, -0.2) is 0 Å². The number of aliphatic hydroxyl groups excluding tert-OH is 1. The average molecular weight is 315 g/mol. The minimum Gasteiger partial charge on any atom is -0.396 e. The molecule has 21 heavy (non-hydrogen) atoms. The maximum absolute atomic E-state index is 13.0. The van der Waals surface area contributed by atoms with Gasteiger partial charge in [-0.1, -0.05) is 0 Å². The Hall–Kier alpha value is -0.430. The van der Waals surface area contributed by atoms with Crippen LogP contribution in [0.5, 0.6) is 0 Å². The van der Waals surface area contributed by atoms with E-state index >= 15 is 0 Å². The molecule has 1 aliphatic carbocycles. The highest BCUT2D eigenvalue weighted by atomic mass is 19.4. The van der Waals surface area contributed by atoms with Crippen molar-refractivity contribution >= 4 is 0 Å². The molecule has 1 unspecified atom stereocenters. The van der Waals surface area contributed by atoms with E-state index in [1.165, 1.54) is 4.90 Å². The van der Waals surface area contributed by atoms with Crippen LogP contribution in [0.25, 0.3) is 0 Å². The first-order chi connectivity index (χ1) is 9.74. The van der Waals surface area contributed by atoms with Gasteiger partial charge in [0.05, 0.1) is 6.54 Å². The third-order valence-corrected chi connectivity index (χ3v) is 5.05. The monoisotopic (exact) mass is 315 g/mol. The summed E-state index contributed by atoms with van der Waals surface area (Å²) >= 11 is 0. The van der Waals surface area contributed by atoms with E-state index in [1.54, 1.807) is 0 Å². The second kappa shape index (κ2) is 6.36. The summed E-state index contributed by atoms with van der Waals surface area (Å²) in [5, 5.41) is 8.97. The van der Waals surface area contributed by atoms with Crippen molar-refractivity contribution in [2.75, 3.05) is 26.2 Å². The van der Waals surface area contributed by atoms with E-state index in [9.17, 15) is 22.0 Å². The molecule has 2 atom stereocenters. The molecule has 2 nitrogen and oxygen atoms in total. The molecule has 0 radical (unpaired) electrons. The molecule has 0 aromatic rings. The van der Waals surface area contributed by atoms with Crippen LogP contribution in [-0.4, -0.2) is 48.3 Å². The second-order valence-corrected chi connectivity index (χ2v) is 6.33. The van der Waals surface area contributed by atoms with Gasteiger partial charge in [-0.3, -0.25) is 4.90 Å². The van der Waals surface area contributed by atoms with Gasteiger partial charge < -0.3 is 5.11 Å². The molecule has 1 saturated carbocycles. The smallest absolute Gasteiger partial charge is 0.396 e. The number of halogens is 5. The summed E-state index contributed by atoms with van der Waals surface area (Å²) in [6.07, 6.45) is -1.15. The maximum atomic E-state index is 13.0. The summed E-state index contributed by atoms with van der Waals surface area (Å²) in [5.41, 5.74) is 0. The molecule has 2 fully saturated rings. The van der Waals surface area contributed by atoms with Crippen molar-refractivity contribution in [2.45, 2.75) is 44.2 Å². The fourth-order valence-electron chi connectivity index (χ4n) is 3.65. The molecular weight excluding hydrogens is 293 g/mol. The van der Waals surface area contributed by atoms with Crippen molar-refractivity contribution in [3.05, 3.63) is 0 Å². The number of rotatable bonds is 5. The van der Waals surface area contributed by atoms with Gasteiger partial charge in [0.1, 0.15) is 0 Å². The second-order valence-electron chi connectivity index (χ2n) is 6.33. The average Bonchev–Trinajstić information content (AvgIpc) is 2.35. The molecule has 7 heteroatoms. The molecule has 1 aliphatic heterocycles. The number of nitrogens with zero attached hydrogens (tertiary/aromatic N) is 1. The lowest BCUT2D eigenvalue weighted by atomic mass is 9.63. The van der Waals surface area contributed by atoms with E-state index < -0.39 is 18.6 Å². The van der Waals surface area contributed by atoms with Crippen molar-refractivity contribution < 1.29 is 27.1 Å². The standard InChI is InChI=1S/C14H22F5NO/c15-13(16,14(17,18)19)9-20-6-3-11(4-7-20)12-2-1-10(12)5-8-21/h10-12,21H,1-9H2/t10-,12?/m0/s1. The summed E-state index contributed by atoms with van der Waals surface area (Å²) in [6.45, 7) is -0.455. The Balaban J connectivity index is 1.79. The minimum absolute atomic E-state index is 0.165. The van der Waals surface area contributed by atoms with Gasteiger partial charge in [0.2, 0.25) is 0 Å². The number of hydrogen-bond donors (Lipinski definition) is 1. The van der Waals surface area contributed by atoms with Gasteiger partial charge in [-0.15, -0.1) is 0 Å². The van der Waals surface area contributed by atoms with Crippen LogP contribution < -0.4 is 0 Å². The molecule has 0 amide bonds. The number of likely N-dealkylation sites (tertiary alicyclic amines) is 1. The van der Waals surface area contributed by atoms with Crippen molar-refractivity contribution in [1.82, 2.24) is 4.90 Å². The van der Waals surface area contributed by atoms with Crippen LogP contribution in [0.15, 0.2) is 0 Å². The summed E-state index contributed by atoms with van der Waals surface area (Å²) in [4.78, 5) is 1.23. The quantitative estimate of drug-likeness (QED) is 0.787. The number of alkyl halides is 5. The van der Waals surface area contributed by atoms with Gasteiger partial charge in [-0.05, 0) is 62.9 Å². The summed E-state index contributed by atoms with van der Waals surface area (Å²) in [7, 11) is 0. The van der Waals surface area contributed by atoms with E-state index in [4.69, 9.17) is 5.11 Å². The fraction of sp³-hybridized carbons (Fsp3) is 1.00. The van der Waals surface area contributed by atoms with Crippen LogP contribution in [-0.2, 0) is 0 Å². The van der Waals surface area contributed by atoms with Crippen molar-refractivity contribution in [1.29, 1.82) is 0 Å². The lowest BCUT2D eigenvalue weighted by Crippen LogP contribution is -2.50. The van der Waals surface area contributed by atoms with Gasteiger partial charge >= 0.3 is 12.1 Å². The molecule has 2 aliphatic rings. The summed E-state index contributed by atoms with van der Waals surface area (Å²) in [6, 6.07) is 0. The van der Waals surface area contributed by atoms with Crippen LogP contribution in [0.1, 0.15) is 32.1 Å². The van der Waals surface area contributed by atoms with Crippen LogP contribution >= 0.6 is 0 Å². The Labute approximate surface area is 121 Å². The summed E-state index contributed by atoms with van der Waals surface area (Å²) < 4.78 is 62.6. The predicted molar refractivity (Wildman–Crippen MR) is 68.1 cm³/mol. The zero-order valence-electron chi connectivity index (χ0n) is 11.9. The summed E-state index contributed by atoms with van der Waals surface area (Å²) in [5.74, 6) is -3.20. The van der Waals surface area contributed by atoms with Crippen LogP contribution in [0.2, 0.25) is 0 Å². The molecule has 0 spiro atoms. The van der Waals surface area contributed by atoms with E-state index in [0.29, 0.717) is 43.7 Å². The van der Waals surface area contributed by atoms with Crippen LogP contribution in [0.3, 0.4) is 0 Å². The van der Waals surface area contributed by atoms with Gasteiger partial charge in [-0.2, -0.15) is 22.0 Å². The van der Waals surface area contributed by atoms with Crippen molar-refractivity contribution in [3.8, 4) is 0 Å².